The number of hydrogen-bond acceptors (Lipinski definition) is 4. The Kier molecular flexibility index (Phi) is 7.97. The van der Waals surface area contributed by atoms with E-state index in [1.807, 2.05) is 43.9 Å². The van der Waals surface area contributed by atoms with E-state index in [1.165, 1.54) is 5.56 Å². The first-order valence-corrected chi connectivity index (χ1v) is 11.1. The van der Waals surface area contributed by atoms with E-state index in [1.54, 1.807) is 7.11 Å². The van der Waals surface area contributed by atoms with Gasteiger partial charge in [-0.2, -0.15) is 0 Å². The molecule has 0 saturated carbocycles. The van der Waals surface area contributed by atoms with Gasteiger partial charge in [-0.15, -0.1) is 0 Å². The zero-order chi connectivity index (χ0) is 22.3. The number of likely N-dealkylation sites (tertiary alicyclic amines) is 1. The Hall–Kier alpha value is -2.53. The van der Waals surface area contributed by atoms with Crippen LogP contribution in [0.2, 0.25) is 0 Å². The number of amides is 1. The molecule has 0 radical (unpaired) electrons. The van der Waals surface area contributed by atoms with Gasteiger partial charge < -0.3 is 19.1 Å². The van der Waals surface area contributed by atoms with Crippen molar-refractivity contribution in [2.24, 2.45) is 5.92 Å². The SMILES string of the molecule is COCc1ccc(CC2CCN(C(=O)OC(C)(C)C)CC2)cc1OCc1ccccc1. The van der Waals surface area contributed by atoms with Crippen molar-refractivity contribution in [1.82, 2.24) is 4.90 Å². The summed E-state index contributed by atoms with van der Waals surface area (Å²) in [6.45, 7) is 8.28. The minimum Gasteiger partial charge on any atom is -0.489 e. The predicted octanol–water partition coefficient (Wildman–Crippen LogP) is 5.60. The number of nitrogens with zero attached hydrogens (tertiary/aromatic N) is 1. The van der Waals surface area contributed by atoms with E-state index in [0.29, 0.717) is 19.1 Å². The number of carbonyl (C=O) groups excluding carboxylic acids is 1. The molecule has 3 rings (SSSR count). The smallest absolute Gasteiger partial charge is 0.410 e. The Balaban J connectivity index is 1.58. The Morgan fingerprint density at radius 3 is 2.35 bits per heavy atom. The van der Waals surface area contributed by atoms with Crippen LogP contribution in [-0.4, -0.2) is 36.8 Å². The second-order valence-corrected chi connectivity index (χ2v) is 9.26. The summed E-state index contributed by atoms with van der Waals surface area (Å²) in [5, 5.41) is 0. The summed E-state index contributed by atoms with van der Waals surface area (Å²) in [7, 11) is 1.70. The summed E-state index contributed by atoms with van der Waals surface area (Å²) in [5.74, 6) is 1.43. The maximum atomic E-state index is 12.3. The standard InChI is InChI=1S/C26H35NO4/c1-26(2,3)31-25(28)27-14-12-20(13-15-27)16-22-10-11-23(19-29-4)24(17-22)30-18-21-8-6-5-7-9-21/h5-11,17,20H,12-16,18-19H2,1-4H3. The normalized spacial score (nSPS) is 15.0. The van der Waals surface area contributed by atoms with Gasteiger partial charge in [0, 0.05) is 25.8 Å². The molecule has 5 nitrogen and oxygen atoms in total. The number of hydrogen-bond donors (Lipinski definition) is 0. The van der Waals surface area contributed by atoms with Crippen molar-refractivity contribution in [3.05, 3.63) is 65.2 Å². The maximum Gasteiger partial charge on any atom is 0.410 e. The third-order valence-corrected chi connectivity index (χ3v) is 5.46. The van der Waals surface area contributed by atoms with Gasteiger partial charge >= 0.3 is 6.09 Å². The van der Waals surface area contributed by atoms with Gasteiger partial charge in [-0.1, -0.05) is 42.5 Å². The average Bonchev–Trinajstić information content (AvgIpc) is 2.74. The highest BCUT2D eigenvalue weighted by atomic mass is 16.6. The van der Waals surface area contributed by atoms with Crippen LogP contribution in [0.1, 0.15) is 50.3 Å². The number of methoxy groups -OCH3 is 1. The van der Waals surface area contributed by atoms with Crippen LogP contribution in [0.5, 0.6) is 5.75 Å². The van der Waals surface area contributed by atoms with Crippen LogP contribution in [0.3, 0.4) is 0 Å². The molecule has 0 unspecified atom stereocenters. The van der Waals surface area contributed by atoms with Crippen LogP contribution >= 0.6 is 0 Å². The molecule has 0 spiro atoms. The predicted molar refractivity (Wildman–Crippen MR) is 122 cm³/mol. The molecule has 1 aliphatic heterocycles. The lowest BCUT2D eigenvalue weighted by molar-refractivity contribution is 0.0184. The van der Waals surface area contributed by atoms with Crippen molar-refractivity contribution in [3.63, 3.8) is 0 Å². The summed E-state index contributed by atoms with van der Waals surface area (Å²) in [6.07, 6.45) is 2.75. The molecule has 0 aliphatic carbocycles. The van der Waals surface area contributed by atoms with Gasteiger partial charge in [0.05, 0.1) is 6.61 Å². The van der Waals surface area contributed by atoms with Crippen LogP contribution in [0.4, 0.5) is 4.79 Å². The van der Waals surface area contributed by atoms with Crippen molar-refractivity contribution in [1.29, 1.82) is 0 Å². The molecule has 2 aromatic carbocycles. The summed E-state index contributed by atoms with van der Waals surface area (Å²) in [4.78, 5) is 14.1. The summed E-state index contributed by atoms with van der Waals surface area (Å²) >= 11 is 0. The fraction of sp³-hybridized carbons (Fsp3) is 0.500. The second kappa shape index (κ2) is 10.7. The Morgan fingerprint density at radius 2 is 1.71 bits per heavy atom. The highest BCUT2D eigenvalue weighted by Crippen LogP contribution is 2.27. The summed E-state index contributed by atoms with van der Waals surface area (Å²) in [5.41, 5.74) is 3.01. The monoisotopic (exact) mass is 425 g/mol. The lowest BCUT2D eigenvalue weighted by Gasteiger charge is -2.33. The third-order valence-electron chi connectivity index (χ3n) is 5.46. The first kappa shape index (κ1) is 23.1. The lowest BCUT2D eigenvalue weighted by atomic mass is 9.90. The van der Waals surface area contributed by atoms with Crippen LogP contribution < -0.4 is 4.74 Å². The Morgan fingerprint density at radius 1 is 1.00 bits per heavy atom. The molecule has 0 atom stereocenters. The molecule has 0 N–H and O–H groups in total. The van der Waals surface area contributed by atoms with Crippen LogP contribution in [0, 0.1) is 5.92 Å². The number of ether oxygens (including phenoxy) is 3. The fourth-order valence-electron chi connectivity index (χ4n) is 3.85. The van der Waals surface area contributed by atoms with Crippen LogP contribution in [-0.2, 0) is 29.1 Å². The van der Waals surface area contributed by atoms with Gasteiger partial charge in [0.15, 0.2) is 0 Å². The molecule has 0 bridgehead atoms. The zero-order valence-corrected chi connectivity index (χ0v) is 19.2. The maximum absolute atomic E-state index is 12.3. The third kappa shape index (κ3) is 7.28. The fourth-order valence-corrected chi connectivity index (χ4v) is 3.85. The highest BCUT2D eigenvalue weighted by Gasteiger charge is 2.27. The molecule has 168 valence electrons. The molecular formula is C26H35NO4. The van der Waals surface area contributed by atoms with Gasteiger partial charge in [-0.25, -0.2) is 4.79 Å². The number of benzene rings is 2. The molecule has 1 aliphatic rings. The summed E-state index contributed by atoms with van der Waals surface area (Å²) < 4.78 is 17.0. The number of carbonyl (C=O) groups is 1. The Bertz CT molecular complexity index is 836. The van der Waals surface area contributed by atoms with E-state index in [4.69, 9.17) is 14.2 Å². The van der Waals surface area contributed by atoms with E-state index in [9.17, 15) is 4.79 Å². The molecule has 31 heavy (non-hydrogen) atoms. The van der Waals surface area contributed by atoms with Gasteiger partial charge in [0.2, 0.25) is 0 Å². The van der Waals surface area contributed by atoms with Gasteiger partial charge in [-0.3, -0.25) is 0 Å². The van der Waals surface area contributed by atoms with Crippen molar-refractivity contribution >= 4 is 6.09 Å². The molecule has 5 heteroatoms. The number of rotatable bonds is 7. The molecule has 2 aromatic rings. The molecule has 1 fully saturated rings. The van der Waals surface area contributed by atoms with Crippen molar-refractivity contribution in [2.45, 2.75) is 58.8 Å². The van der Waals surface area contributed by atoms with E-state index >= 15 is 0 Å². The van der Waals surface area contributed by atoms with E-state index in [0.717, 1.165) is 49.2 Å². The largest absolute Gasteiger partial charge is 0.489 e. The molecule has 0 aromatic heterocycles. The van der Waals surface area contributed by atoms with Gasteiger partial charge in [0.1, 0.15) is 18.0 Å². The first-order valence-electron chi connectivity index (χ1n) is 11.1. The molecule has 1 heterocycles. The molecular weight excluding hydrogens is 390 g/mol. The number of piperidine rings is 1. The highest BCUT2D eigenvalue weighted by molar-refractivity contribution is 5.68. The lowest BCUT2D eigenvalue weighted by Crippen LogP contribution is -2.42. The molecule has 1 amide bonds. The van der Waals surface area contributed by atoms with E-state index in [2.05, 4.69) is 30.3 Å². The minimum absolute atomic E-state index is 0.202. The summed E-state index contributed by atoms with van der Waals surface area (Å²) in [6, 6.07) is 16.6. The average molecular weight is 426 g/mol. The van der Waals surface area contributed by atoms with Crippen molar-refractivity contribution < 1.29 is 19.0 Å². The Labute approximate surface area is 186 Å². The minimum atomic E-state index is -0.450. The molecule has 1 saturated heterocycles. The van der Waals surface area contributed by atoms with Crippen LogP contribution in [0.25, 0.3) is 0 Å². The van der Waals surface area contributed by atoms with Crippen molar-refractivity contribution in [2.75, 3.05) is 20.2 Å². The quantitative estimate of drug-likeness (QED) is 0.579. The van der Waals surface area contributed by atoms with Crippen LogP contribution in [0.15, 0.2) is 48.5 Å². The first-order chi connectivity index (χ1) is 14.8. The topological polar surface area (TPSA) is 48.0 Å². The second-order valence-electron chi connectivity index (χ2n) is 9.26. The van der Waals surface area contributed by atoms with E-state index in [-0.39, 0.29) is 6.09 Å². The van der Waals surface area contributed by atoms with Gasteiger partial charge in [-0.05, 0) is 63.1 Å². The van der Waals surface area contributed by atoms with E-state index < -0.39 is 5.60 Å². The van der Waals surface area contributed by atoms with Crippen molar-refractivity contribution in [3.8, 4) is 5.75 Å². The zero-order valence-electron chi connectivity index (χ0n) is 19.2. The van der Waals surface area contributed by atoms with Gasteiger partial charge in [0.25, 0.3) is 0 Å².